The van der Waals surface area contributed by atoms with Crippen molar-refractivity contribution in [3.8, 4) is 0 Å². The molecule has 1 fully saturated rings. The van der Waals surface area contributed by atoms with Gasteiger partial charge in [-0.3, -0.25) is 0 Å². The van der Waals surface area contributed by atoms with Crippen LogP contribution in [0.15, 0.2) is 12.1 Å². The first-order valence-corrected chi connectivity index (χ1v) is 6.59. The smallest absolute Gasteiger partial charge is 0.354 e. The van der Waals surface area contributed by atoms with Crippen molar-refractivity contribution in [3.05, 3.63) is 17.8 Å². The van der Waals surface area contributed by atoms with E-state index >= 15 is 0 Å². The summed E-state index contributed by atoms with van der Waals surface area (Å²) in [6, 6.07) is 2.36. The van der Waals surface area contributed by atoms with Gasteiger partial charge in [-0.15, -0.1) is 10.2 Å². The van der Waals surface area contributed by atoms with E-state index in [4.69, 9.17) is 0 Å². The van der Waals surface area contributed by atoms with E-state index in [1.807, 2.05) is 4.90 Å². The molecule has 1 saturated heterocycles. The SMILES string of the molecule is CC1CCN(c2ccc(C(F)(F)F)nn2)CC1Br. The van der Waals surface area contributed by atoms with Crippen LogP contribution in [0.25, 0.3) is 0 Å². The molecule has 0 radical (unpaired) electrons. The molecule has 2 heterocycles. The van der Waals surface area contributed by atoms with E-state index in [2.05, 4.69) is 33.1 Å². The minimum absolute atomic E-state index is 0.329. The molecule has 0 aliphatic carbocycles. The first kappa shape index (κ1) is 13.6. The van der Waals surface area contributed by atoms with Gasteiger partial charge in [0.25, 0.3) is 0 Å². The van der Waals surface area contributed by atoms with Crippen molar-refractivity contribution in [3.63, 3.8) is 0 Å². The molecule has 1 aromatic rings. The highest BCUT2D eigenvalue weighted by atomic mass is 79.9. The van der Waals surface area contributed by atoms with Crippen LogP contribution in [0.1, 0.15) is 19.0 Å². The van der Waals surface area contributed by atoms with E-state index in [-0.39, 0.29) is 0 Å². The summed E-state index contributed by atoms with van der Waals surface area (Å²) < 4.78 is 37.1. The van der Waals surface area contributed by atoms with Crippen LogP contribution in [0.5, 0.6) is 0 Å². The van der Waals surface area contributed by atoms with Gasteiger partial charge in [0.2, 0.25) is 0 Å². The van der Waals surface area contributed by atoms with Gasteiger partial charge >= 0.3 is 6.18 Å². The fraction of sp³-hybridized carbons (Fsp3) is 0.636. The Balaban J connectivity index is 2.11. The van der Waals surface area contributed by atoms with Gasteiger partial charge in [0.1, 0.15) is 0 Å². The van der Waals surface area contributed by atoms with E-state index in [1.165, 1.54) is 6.07 Å². The number of aromatic nitrogens is 2. The fourth-order valence-corrected chi connectivity index (χ4v) is 2.49. The molecular weight excluding hydrogens is 311 g/mol. The van der Waals surface area contributed by atoms with Crippen LogP contribution < -0.4 is 4.90 Å². The highest BCUT2D eigenvalue weighted by Gasteiger charge is 2.33. The van der Waals surface area contributed by atoms with Crippen molar-refractivity contribution in [1.82, 2.24) is 10.2 Å². The van der Waals surface area contributed by atoms with Gasteiger partial charge in [-0.1, -0.05) is 22.9 Å². The predicted molar refractivity (Wildman–Crippen MR) is 65.7 cm³/mol. The van der Waals surface area contributed by atoms with Crippen LogP contribution in [0.2, 0.25) is 0 Å². The molecule has 0 spiro atoms. The summed E-state index contributed by atoms with van der Waals surface area (Å²) >= 11 is 3.57. The maximum Gasteiger partial charge on any atom is 0.435 e. The number of halogens is 4. The van der Waals surface area contributed by atoms with Crippen molar-refractivity contribution in [2.45, 2.75) is 24.3 Å². The predicted octanol–water partition coefficient (Wildman–Crippen LogP) is 3.11. The summed E-state index contributed by atoms with van der Waals surface area (Å²) in [6.45, 7) is 3.68. The Morgan fingerprint density at radius 1 is 1.33 bits per heavy atom. The third-order valence-corrected chi connectivity index (χ3v) is 4.32. The molecular formula is C11H13BrF3N3. The van der Waals surface area contributed by atoms with E-state index in [9.17, 15) is 13.2 Å². The zero-order chi connectivity index (χ0) is 13.3. The summed E-state index contributed by atoms with van der Waals surface area (Å²) in [4.78, 5) is 2.28. The van der Waals surface area contributed by atoms with Gasteiger partial charge in [-0.05, 0) is 24.5 Å². The Morgan fingerprint density at radius 3 is 2.56 bits per heavy atom. The third kappa shape index (κ3) is 2.93. The van der Waals surface area contributed by atoms with Crippen molar-refractivity contribution in [1.29, 1.82) is 0 Å². The van der Waals surface area contributed by atoms with Crippen molar-refractivity contribution in [2.24, 2.45) is 5.92 Å². The second-order valence-electron chi connectivity index (χ2n) is 4.50. The number of rotatable bonds is 1. The highest BCUT2D eigenvalue weighted by Crippen LogP contribution is 2.29. The number of anilines is 1. The first-order chi connectivity index (χ1) is 8.38. The van der Waals surface area contributed by atoms with Crippen LogP contribution in [-0.2, 0) is 6.18 Å². The lowest BCUT2D eigenvalue weighted by atomic mass is 9.99. The molecule has 1 aromatic heterocycles. The second kappa shape index (κ2) is 5.03. The molecule has 0 bridgehead atoms. The van der Waals surface area contributed by atoms with Gasteiger partial charge in [-0.2, -0.15) is 13.2 Å². The van der Waals surface area contributed by atoms with Gasteiger partial charge < -0.3 is 4.90 Å². The third-order valence-electron chi connectivity index (χ3n) is 3.13. The standard InChI is InChI=1S/C11H13BrF3N3/c1-7-4-5-18(6-8(7)12)10-3-2-9(16-17-10)11(13,14)15/h2-3,7-8H,4-6H2,1H3. The molecule has 3 nitrogen and oxygen atoms in total. The minimum atomic E-state index is -4.43. The Hall–Kier alpha value is -0.850. The van der Waals surface area contributed by atoms with Crippen molar-refractivity contribution < 1.29 is 13.2 Å². The van der Waals surface area contributed by atoms with Crippen LogP contribution in [0.4, 0.5) is 19.0 Å². The summed E-state index contributed by atoms with van der Waals surface area (Å²) in [5, 5.41) is 6.90. The number of nitrogens with zero attached hydrogens (tertiary/aromatic N) is 3. The second-order valence-corrected chi connectivity index (χ2v) is 5.68. The Kier molecular flexibility index (Phi) is 3.79. The molecule has 2 rings (SSSR count). The van der Waals surface area contributed by atoms with E-state index in [0.29, 0.717) is 16.6 Å². The van der Waals surface area contributed by atoms with Crippen molar-refractivity contribution in [2.75, 3.05) is 18.0 Å². The molecule has 1 aliphatic rings. The van der Waals surface area contributed by atoms with Crippen LogP contribution in [0.3, 0.4) is 0 Å². The maximum atomic E-state index is 12.4. The average molecular weight is 324 g/mol. The Labute approximate surface area is 112 Å². The quantitative estimate of drug-likeness (QED) is 0.744. The van der Waals surface area contributed by atoms with Gasteiger partial charge in [0.05, 0.1) is 0 Å². The molecule has 0 aromatic carbocycles. The average Bonchev–Trinajstić information content (AvgIpc) is 2.32. The van der Waals surface area contributed by atoms with E-state index in [1.54, 1.807) is 0 Å². The molecule has 18 heavy (non-hydrogen) atoms. The topological polar surface area (TPSA) is 29.0 Å². The maximum absolute atomic E-state index is 12.4. The zero-order valence-corrected chi connectivity index (χ0v) is 11.4. The normalized spacial score (nSPS) is 25.3. The van der Waals surface area contributed by atoms with Crippen LogP contribution in [0, 0.1) is 5.92 Å². The van der Waals surface area contributed by atoms with Gasteiger partial charge in [-0.25, -0.2) is 0 Å². The Morgan fingerprint density at radius 2 is 2.06 bits per heavy atom. The van der Waals surface area contributed by atoms with Crippen LogP contribution in [-0.4, -0.2) is 28.1 Å². The number of alkyl halides is 4. The summed E-state index contributed by atoms with van der Waals surface area (Å²) in [7, 11) is 0. The van der Waals surface area contributed by atoms with Crippen molar-refractivity contribution >= 4 is 21.7 Å². The number of hydrogen-bond donors (Lipinski definition) is 0. The summed E-state index contributed by atoms with van der Waals surface area (Å²) in [6.07, 6.45) is -3.45. The lowest BCUT2D eigenvalue weighted by Gasteiger charge is -2.34. The largest absolute Gasteiger partial charge is 0.435 e. The highest BCUT2D eigenvalue weighted by molar-refractivity contribution is 9.09. The minimum Gasteiger partial charge on any atom is -0.354 e. The van der Waals surface area contributed by atoms with Gasteiger partial charge in [0, 0.05) is 17.9 Å². The molecule has 7 heteroatoms. The lowest BCUT2D eigenvalue weighted by molar-refractivity contribution is -0.141. The van der Waals surface area contributed by atoms with E-state index < -0.39 is 11.9 Å². The Bertz CT molecular complexity index is 407. The molecule has 1 aliphatic heterocycles. The molecule has 2 atom stereocenters. The summed E-state index contributed by atoms with van der Waals surface area (Å²) in [5.41, 5.74) is -0.952. The molecule has 100 valence electrons. The fourth-order valence-electron chi connectivity index (χ4n) is 1.88. The lowest BCUT2D eigenvalue weighted by Crippen LogP contribution is -2.40. The number of hydrogen-bond acceptors (Lipinski definition) is 3. The first-order valence-electron chi connectivity index (χ1n) is 5.68. The molecule has 0 amide bonds. The number of piperidine rings is 1. The zero-order valence-electron chi connectivity index (χ0n) is 9.78. The van der Waals surface area contributed by atoms with E-state index in [0.717, 1.165) is 25.6 Å². The molecule has 0 N–H and O–H groups in total. The molecule has 0 saturated carbocycles. The molecule has 2 unspecified atom stereocenters. The summed E-state index contributed by atoms with van der Waals surface area (Å²) in [5.74, 6) is 1.06. The van der Waals surface area contributed by atoms with Crippen LogP contribution >= 0.6 is 15.9 Å². The monoisotopic (exact) mass is 323 g/mol. The van der Waals surface area contributed by atoms with Gasteiger partial charge in [0.15, 0.2) is 11.5 Å².